The van der Waals surface area contributed by atoms with Crippen LogP contribution >= 0.6 is 0 Å². The highest BCUT2D eigenvalue weighted by atomic mass is 19.3. The van der Waals surface area contributed by atoms with E-state index in [4.69, 9.17) is 0 Å². The maximum absolute atomic E-state index is 12.0. The lowest BCUT2D eigenvalue weighted by atomic mass is 9.85. The van der Waals surface area contributed by atoms with Crippen LogP contribution in [0.4, 0.5) is 8.78 Å². The van der Waals surface area contributed by atoms with Crippen molar-refractivity contribution in [1.82, 2.24) is 0 Å². The molecule has 0 bridgehead atoms. The molecule has 0 N–H and O–H groups in total. The average molecular weight is 120 g/mol. The fourth-order valence-corrected chi connectivity index (χ4v) is 1.11. The molecule has 1 aliphatic carbocycles. The molecule has 1 spiro atoms. The van der Waals surface area contributed by atoms with E-state index >= 15 is 0 Å². The molecule has 0 unspecified atom stereocenters. The zero-order valence-electron chi connectivity index (χ0n) is 4.29. The van der Waals surface area contributed by atoms with Crippen molar-refractivity contribution in [3.8, 4) is 0 Å². The van der Waals surface area contributed by atoms with Gasteiger partial charge in [0.05, 0.1) is 0 Å². The van der Waals surface area contributed by atoms with Crippen LogP contribution < -0.4 is 0 Å². The van der Waals surface area contributed by atoms with E-state index < -0.39 is 11.7 Å². The smallest absolute Gasteiger partial charge is 0.302 e. The molecule has 8 heavy (non-hydrogen) atoms. The second-order valence-corrected chi connectivity index (χ2v) is 2.47. The summed E-state index contributed by atoms with van der Waals surface area (Å²) in [6.07, 6.45) is -0.749. The summed E-state index contributed by atoms with van der Waals surface area (Å²) in [4.78, 5) is 0. The molecule has 0 aromatic carbocycles. The molecule has 2 rings (SSSR count). The molecule has 1 nitrogen and oxygen atoms in total. The van der Waals surface area contributed by atoms with E-state index in [0.29, 0.717) is 12.8 Å². The molecule has 1 heterocycles. The molecule has 2 aliphatic rings. The van der Waals surface area contributed by atoms with Gasteiger partial charge in [0, 0.05) is 0 Å². The summed E-state index contributed by atoms with van der Waals surface area (Å²) in [5.74, 6) is 0. The van der Waals surface area contributed by atoms with Crippen molar-refractivity contribution < 1.29 is 13.5 Å². The van der Waals surface area contributed by atoms with Crippen molar-refractivity contribution >= 4 is 0 Å². The molecular formula is C5H6F2O. The van der Waals surface area contributed by atoms with Gasteiger partial charge < -0.3 is 4.74 Å². The van der Waals surface area contributed by atoms with E-state index in [2.05, 4.69) is 4.74 Å². The largest absolute Gasteiger partial charge is 0.385 e. The molecule has 3 heteroatoms. The Bertz CT molecular complexity index is 128. The van der Waals surface area contributed by atoms with E-state index in [1.54, 1.807) is 0 Å². The predicted octanol–water partition coefficient (Wildman–Crippen LogP) is 1.53. The van der Waals surface area contributed by atoms with Crippen molar-refractivity contribution in [3.63, 3.8) is 0 Å². The zero-order chi connectivity index (χ0) is 5.83. The van der Waals surface area contributed by atoms with Crippen LogP contribution in [-0.2, 0) is 4.74 Å². The van der Waals surface area contributed by atoms with Crippen LogP contribution in [0, 0.1) is 0 Å². The molecule has 0 atom stereocenters. The van der Waals surface area contributed by atoms with Crippen molar-refractivity contribution in [1.29, 1.82) is 0 Å². The molecular weight excluding hydrogens is 114 g/mol. The molecule has 0 aromatic heterocycles. The van der Waals surface area contributed by atoms with Crippen LogP contribution in [0.1, 0.15) is 19.3 Å². The van der Waals surface area contributed by atoms with Crippen molar-refractivity contribution in [3.05, 3.63) is 0 Å². The van der Waals surface area contributed by atoms with E-state index in [-0.39, 0.29) is 0 Å². The van der Waals surface area contributed by atoms with Gasteiger partial charge in [-0.15, -0.1) is 0 Å². The second kappa shape index (κ2) is 0.923. The van der Waals surface area contributed by atoms with E-state index in [0.717, 1.165) is 6.42 Å². The Labute approximate surface area is 45.6 Å². The van der Waals surface area contributed by atoms with Gasteiger partial charge in [-0.1, -0.05) is 0 Å². The number of hydrogen-bond acceptors (Lipinski definition) is 1. The Morgan fingerprint density at radius 1 is 1.25 bits per heavy atom. The summed E-state index contributed by atoms with van der Waals surface area (Å²) in [5.41, 5.74) is -0.965. The normalized spacial score (nSPS) is 36.8. The summed E-state index contributed by atoms with van der Waals surface area (Å²) in [5, 5.41) is 0. The first kappa shape index (κ1) is 4.68. The third-order valence-corrected chi connectivity index (χ3v) is 1.97. The SMILES string of the molecule is FC1(F)OC12CCC2. The Kier molecular flexibility index (Phi) is 0.539. The Balaban J connectivity index is 2.12. The number of halogens is 2. The van der Waals surface area contributed by atoms with Gasteiger partial charge in [-0.3, -0.25) is 0 Å². The highest BCUT2D eigenvalue weighted by Crippen LogP contribution is 2.61. The molecule has 0 radical (unpaired) electrons. The predicted molar refractivity (Wildman–Crippen MR) is 22.6 cm³/mol. The molecule has 0 amide bonds. The van der Waals surface area contributed by atoms with Crippen LogP contribution in [0.3, 0.4) is 0 Å². The lowest BCUT2D eigenvalue weighted by molar-refractivity contribution is -0.000195. The minimum atomic E-state index is -2.76. The lowest BCUT2D eigenvalue weighted by Gasteiger charge is -2.19. The third-order valence-electron chi connectivity index (χ3n) is 1.97. The standard InChI is InChI=1S/C5H6F2O/c6-5(7)4(8-5)2-1-3-4/h1-3H2. The first-order chi connectivity index (χ1) is 3.66. The number of ether oxygens (including phenoxy) is 1. The minimum absolute atomic E-state index is 0.556. The maximum Gasteiger partial charge on any atom is 0.385 e. The number of hydrogen-bond donors (Lipinski definition) is 0. The van der Waals surface area contributed by atoms with Crippen molar-refractivity contribution in [2.45, 2.75) is 31.0 Å². The molecule has 1 aliphatic heterocycles. The fraction of sp³-hybridized carbons (Fsp3) is 1.00. The zero-order valence-corrected chi connectivity index (χ0v) is 4.29. The number of epoxide rings is 1. The van der Waals surface area contributed by atoms with Crippen LogP contribution in [0.5, 0.6) is 0 Å². The van der Waals surface area contributed by atoms with Gasteiger partial charge in [0.1, 0.15) is 0 Å². The summed E-state index contributed by atoms with van der Waals surface area (Å²) >= 11 is 0. The molecule has 2 fully saturated rings. The third kappa shape index (κ3) is 0.312. The lowest BCUT2D eigenvalue weighted by Crippen LogP contribution is -2.27. The van der Waals surface area contributed by atoms with Crippen molar-refractivity contribution in [2.24, 2.45) is 0 Å². The molecule has 0 aromatic rings. The van der Waals surface area contributed by atoms with Gasteiger partial charge in [-0.2, -0.15) is 8.78 Å². The van der Waals surface area contributed by atoms with Gasteiger partial charge in [0.2, 0.25) is 0 Å². The van der Waals surface area contributed by atoms with E-state index in [1.807, 2.05) is 0 Å². The summed E-state index contributed by atoms with van der Waals surface area (Å²) in [7, 11) is 0. The Morgan fingerprint density at radius 2 is 1.75 bits per heavy atom. The molecule has 46 valence electrons. The fourth-order valence-electron chi connectivity index (χ4n) is 1.11. The minimum Gasteiger partial charge on any atom is -0.302 e. The van der Waals surface area contributed by atoms with Crippen LogP contribution in [-0.4, -0.2) is 11.7 Å². The second-order valence-electron chi connectivity index (χ2n) is 2.47. The van der Waals surface area contributed by atoms with Gasteiger partial charge in [0.15, 0.2) is 5.60 Å². The van der Waals surface area contributed by atoms with Crippen LogP contribution in [0.15, 0.2) is 0 Å². The van der Waals surface area contributed by atoms with Gasteiger partial charge in [-0.05, 0) is 19.3 Å². The summed E-state index contributed by atoms with van der Waals surface area (Å²) < 4.78 is 28.2. The van der Waals surface area contributed by atoms with Gasteiger partial charge >= 0.3 is 6.11 Å². The maximum atomic E-state index is 12.0. The monoisotopic (exact) mass is 120 g/mol. The molecule has 1 saturated carbocycles. The highest BCUT2D eigenvalue weighted by molar-refractivity contribution is 5.08. The highest BCUT2D eigenvalue weighted by Gasteiger charge is 2.76. The Morgan fingerprint density at radius 3 is 1.75 bits per heavy atom. The van der Waals surface area contributed by atoms with Gasteiger partial charge in [-0.25, -0.2) is 0 Å². The Hall–Kier alpha value is -0.180. The van der Waals surface area contributed by atoms with Crippen LogP contribution in [0.2, 0.25) is 0 Å². The first-order valence-electron chi connectivity index (χ1n) is 2.74. The van der Waals surface area contributed by atoms with E-state index in [1.165, 1.54) is 0 Å². The van der Waals surface area contributed by atoms with Crippen molar-refractivity contribution in [2.75, 3.05) is 0 Å². The summed E-state index contributed by atoms with van der Waals surface area (Å²) in [6.45, 7) is 0. The molecule has 1 saturated heterocycles. The first-order valence-corrected chi connectivity index (χ1v) is 2.74. The average Bonchev–Trinajstić information content (AvgIpc) is 2.05. The quantitative estimate of drug-likeness (QED) is 0.441. The van der Waals surface area contributed by atoms with Crippen LogP contribution in [0.25, 0.3) is 0 Å². The number of alkyl halides is 2. The number of rotatable bonds is 0. The van der Waals surface area contributed by atoms with E-state index in [9.17, 15) is 8.78 Å². The van der Waals surface area contributed by atoms with Gasteiger partial charge in [0.25, 0.3) is 0 Å². The summed E-state index contributed by atoms with van der Waals surface area (Å²) in [6, 6.07) is 0. The topological polar surface area (TPSA) is 12.5 Å².